The highest BCUT2D eigenvalue weighted by Gasteiger charge is 2.06. The molecule has 3 rings (SSSR count). The van der Waals surface area contributed by atoms with E-state index in [1.165, 1.54) is 0 Å². The van der Waals surface area contributed by atoms with Crippen molar-refractivity contribution in [3.63, 3.8) is 0 Å². The van der Waals surface area contributed by atoms with Crippen LogP contribution in [0.25, 0.3) is 11.1 Å². The molecule has 0 spiro atoms. The molecule has 0 saturated carbocycles. The van der Waals surface area contributed by atoms with Gasteiger partial charge in [0.15, 0.2) is 0 Å². The van der Waals surface area contributed by atoms with Crippen LogP contribution in [0.3, 0.4) is 0 Å². The molecule has 4 heteroatoms. The van der Waals surface area contributed by atoms with Crippen molar-refractivity contribution in [3.8, 4) is 22.8 Å². The molecule has 0 radical (unpaired) electrons. The highest BCUT2D eigenvalue weighted by atomic mass is 16.5. The van der Waals surface area contributed by atoms with Crippen LogP contribution in [0.2, 0.25) is 0 Å². The number of rotatable bonds is 7. The van der Waals surface area contributed by atoms with Gasteiger partial charge in [-0.05, 0) is 36.2 Å². The molecular formula is C21H22N2O2. The minimum Gasteiger partial charge on any atom is -0.494 e. The number of nitrogens with two attached hydrogens (primary N) is 1. The standard InChI is InChI=1S/C21H22N2O2/c1-2-24-20-10-8-17(12-19(20)13-22)18-9-11-21(23-14-18)25-15-16-6-4-3-5-7-16/h3-12,14H,2,13,15,22H2,1H3. The van der Waals surface area contributed by atoms with Crippen molar-refractivity contribution in [1.29, 1.82) is 0 Å². The lowest BCUT2D eigenvalue weighted by Gasteiger charge is -2.11. The van der Waals surface area contributed by atoms with Crippen LogP contribution in [-0.2, 0) is 13.2 Å². The number of nitrogens with zero attached hydrogens (tertiary/aromatic N) is 1. The Hall–Kier alpha value is -2.85. The Morgan fingerprint density at radius 1 is 0.920 bits per heavy atom. The van der Waals surface area contributed by atoms with Crippen LogP contribution in [0.15, 0.2) is 66.9 Å². The van der Waals surface area contributed by atoms with Gasteiger partial charge >= 0.3 is 0 Å². The molecule has 0 bridgehead atoms. The molecule has 0 saturated heterocycles. The Balaban J connectivity index is 1.71. The normalized spacial score (nSPS) is 10.5. The van der Waals surface area contributed by atoms with Gasteiger partial charge in [0.1, 0.15) is 12.4 Å². The van der Waals surface area contributed by atoms with Gasteiger partial charge in [-0.25, -0.2) is 4.98 Å². The molecule has 0 aliphatic carbocycles. The van der Waals surface area contributed by atoms with Crippen LogP contribution >= 0.6 is 0 Å². The molecule has 0 aliphatic heterocycles. The van der Waals surface area contributed by atoms with Crippen molar-refractivity contribution < 1.29 is 9.47 Å². The van der Waals surface area contributed by atoms with Gasteiger partial charge in [-0.15, -0.1) is 0 Å². The fourth-order valence-electron chi connectivity index (χ4n) is 2.58. The lowest BCUT2D eigenvalue weighted by Crippen LogP contribution is -2.02. The molecule has 4 nitrogen and oxygen atoms in total. The van der Waals surface area contributed by atoms with Crippen molar-refractivity contribution in [2.24, 2.45) is 5.73 Å². The van der Waals surface area contributed by atoms with Crippen LogP contribution in [0.4, 0.5) is 0 Å². The van der Waals surface area contributed by atoms with Crippen LogP contribution in [0.5, 0.6) is 11.6 Å². The second-order valence-electron chi connectivity index (χ2n) is 5.62. The molecule has 0 fully saturated rings. The van der Waals surface area contributed by atoms with E-state index in [0.717, 1.165) is 28.0 Å². The van der Waals surface area contributed by atoms with Gasteiger partial charge in [0.2, 0.25) is 5.88 Å². The average molecular weight is 334 g/mol. The van der Waals surface area contributed by atoms with E-state index in [0.29, 0.717) is 25.6 Å². The zero-order valence-corrected chi connectivity index (χ0v) is 14.3. The quantitative estimate of drug-likeness (QED) is 0.704. The Bertz CT molecular complexity index is 802. The molecule has 0 amide bonds. The number of pyridine rings is 1. The van der Waals surface area contributed by atoms with Crippen molar-refractivity contribution in [2.75, 3.05) is 6.61 Å². The predicted octanol–water partition coefficient (Wildman–Crippen LogP) is 4.19. The maximum Gasteiger partial charge on any atom is 0.213 e. The Morgan fingerprint density at radius 3 is 2.40 bits per heavy atom. The largest absolute Gasteiger partial charge is 0.494 e. The van der Waals surface area contributed by atoms with Gasteiger partial charge in [-0.1, -0.05) is 36.4 Å². The van der Waals surface area contributed by atoms with Crippen LogP contribution in [-0.4, -0.2) is 11.6 Å². The minimum atomic E-state index is 0.439. The molecule has 0 atom stereocenters. The van der Waals surface area contributed by atoms with Gasteiger partial charge in [-0.2, -0.15) is 0 Å². The SMILES string of the molecule is CCOc1ccc(-c2ccc(OCc3ccccc3)nc2)cc1CN. The fourth-order valence-corrected chi connectivity index (χ4v) is 2.58. The van der Waals surface area contributed by atoms with E-state index in [4.69, 9.17) is 15.2 Å². The van der Waals surface area contributed by atoms with E-state index in [2.05, 4.69) is 4.98 Å². The summed E-state index contributed by atoms with van der Waals surface area (Å²) in [5, 5.41) is 0. The van der Waals surface area contributed by atoms with E-state index >= 15 is 0 Å². The number of hydrogen-bond donors (Lipinski definition) is 1. The van der Waals surface area contributed by atoms with Crippen molar-refractivity contribution in [2.45, 2.75) is 20.1 Å². The van der Waals surface area contributed by atoms with E-state index in [-0.39, 0.29) is 0 Å². The molecule has 2 aromatic carbocycles. The zero-order valence-electron chi connectivity index (χ0n) is 14.3. The van der Waals surface area contributed by atoms with E-state index in [1.54, 1.807) is 0 Å². The van der Waals surface area contributed by atoms with Crippen LogP contribution in [0, 0.1) is 0 Å². The minimum absolute atomic E-state index is 0.439. The topological polar surface area (TPSA) is 57.4 Å². The first kappa shape index (κ1) is 17.0. The third kappa shape index (κ3) is 4.37. The van der Waals surface area contributed by atoms with Crippen molar-refractivity contribution >= 4 is 0 Å². The van der Waals surface area contributed by atoms with Gasteiger partial charge in [-0.3, -0.25) is 0 Å². The summed E-state index contributed by atoms with van der Waals surface area (Å²) in [5.41, 5.74) is 10.0. The summed E-state index contributed by atoms with van der Waals surface area (Å²) in [4.78, 5) is 4.40. The molecule has 3 aromatic rings. The molecule has 2 N–H and O–H groups in total. The highest BCUT2D eigenvalue weighted by Crippen LogP contribution is 2.27. The summed E-state index contributed by atoms with van der Waals surface area (Å²) in [6.07, 6.45) is 1.82. The predicted molar refractivity (Wildman–Crippen MR) is 99.5 cm³/mol. The summed E-state index contributed by atoms with van der Waals surface area (Å²) in [6.45, 7) is 3.54. The lowest BCUT2D eigenvalue weighted by atomic mass is 10.0. The van der Waals surface area contributed by atoms with Crippen molar-refractivity contribution in [3.05, 3.63) is 78.0 Å². The maximum atomic E-state index is 5.83. The summed E-state index contributed by atoms with van der Waals surface area (Å²) in [7, 11) is 0. The fraction of sp³-hybridized carbons (Fsp3) is 0.190. The number of hydrogen-bond acceptors (Lipinski definition) is 4. The first-order valence-corrected chi connectivity index (χ1v) is 8.39. The molecule has 128 valence electrons. The molecule has 25 heavy (non-hydrogen) atoms. The third-order valence-electron chi connectivity index (χ3n) is 3.88. The lowest BCUT2D eigenvalue weighted by molar-refractivity contribution is 0.294. The monoisotopic (exact) mass is 334 g/mol. The van der Waals surface area contributed by atoms with Crippen LogP contribution < -0.4 is 15.2 Å². The molecule has 0 aliphatic rings. The van der Waals surface area contributed by atoms with Gasteiger partial charge in [0, 0.05) is 29.9 Å². The second-order valence-corrected chi connectivity index (χ2v) is 5.62. The maximum absolute atomic E-state index is 5.83. The van der Waals surface area contributed by atoms with E-state index in [1.807, 2.05) is 73.8 Å². The Kier molecular flexibility index (Phi) is 5.65. The van der Waals surface area contributed by atoms with E-state index < -0.39 is 0 Å². The number of aromatic nitrogens is 1. The molecular weight excluding hydrogens is 312 g/mol. The highest BCUT2D eigenvalue weighted by molar-refractivity contribution is 5.65. The number of ether oxygens (including phenoxy) is 2. The van der Waals surface area contributed by atoms with Crippen molar-refractivity contribution in [1.82, 2.24) is 4.98 Å². The average Bonchev–Trinajstić information content (AvgIpc) is 2.68. The molecule has 1 heterocycles. The Morgan fingerprint density at radius 2 is 1.72 bits per heavy atom. The second kappa shape index (κ2) is 8.31. The van der Waals surface area contributed by atoms with E-state index in [9.17, 15) is 0 Å². The summed E-state index contributed by atoms with van der Waals surface area (Å²) < 4.78 is 11.3. The summed E-state index contributed by atoms with van der Waals surface area (Å²) in [5.74, 6) is 1.45. The van der Waals surface area contributed by atoms with Gasteiger partial charge < -0.3 is 15.2 Å². The van der Waals surface area contributed by atoms with Gasteiger partial charge in [0.25, 0.3) is 0 Å². The molecule has 0 unspecified atom stereocenters. The van der Waals surface area contributed by atoms with Crippen LogP contribution in [0.1, 0.15) is 18.1 Å². The third-order valence-corrected chi connectivity index (χ3v) is 3.88. The van der Waals surface area contributed by atoms with Gasteiger partial charge in [0.05, 0.1) is 6.61 Å². The number of benzene rings is 2. The first-order chi connectivity index (χ1) is 12.3. The summed E-state index contributed by atoms with van der Waals surface area (Å²) >= 11 is 0. The molecule has 1 aromatic heterocycles. The smallest absolute Gasteiger partial charge is 0.213 e. The zero-order chi connectivity index (χ0) is 17.5. The Labute approximate surface area is 148 Å². The first-order valence-electron chi connectivity index (χ1n) is 8.39. The summed E-state index contributed by atoms with van der Waals surface area (Å²) in [6, 6.07) is 20.0.